The summed E-state index contributed by atoms with van der Waals surface area (Å²) >= 11 is 0. The lowest BCUT2D eigenvalue weighted by atomic mass is 10.2. The summed E-state index contributed by atoms with van der Waals surface area (Å²) in [5.41, 5.74) is 2.47. The van der Waals surface area contributed by atoms with Crippen LogP contribution in [-0.2, 0) is 17.8 Å². The Morgan fingerprint density at radius 2 is 1.90 bits per heavy atom. The lowest BCUT2D eigenvalue weighted by Gasteiger charge is -2.16. The number of fused-ring (bicyclic) bond motifs is 3. The van der Waals surface area contributed by atoms with Gasteiger partial charge in [0, 0.05) is 25.1 Å². The third-order valence-electron chi connectivity index (χ3n) is 5.16. The minimum atomic E-state index is -0.757. The molecular weight excluding hydrogens is 396 g/mol. The lowest BCUT2D eigenvalue weighted by Crippen LogP contribution is -2.38. The normalized spacial score (nSPS) is 12.5. The molecule has 4 rings (SSSR count). The van der Waals surface area contributed by atoms with Crippen molar-refractivity contribution >= 4 is 22.5 Å². The van der Waals surface area contributed by atoms with Gasteiger partial charge >= 0.3 is 0 Å². The Kier molecular flexibility index (Phi) is 5.54. The van der Waals surface area contributed by atoms with E-state index in [9.17, 15) is 9.59 Å². The fourth-order valence-corrected chi connectivity index (χ4v) is 3.59. The summed E-state index contributed by atoms with van der Waals surface area (Å²) in [5, 5.41) is 7.37. The summed E-state index contributed by atoms with van der Waals surface area (Å²) in [7, 11) is 0. The maximum Gasteiger partial charge on any atom is 0.291 e. The summed E-state index contributed by atoms with van der Waals surface area (Å²) < 4.78 is 14.1. The van der Waals surface area contributed by atoms with E-state index in [1.165, 1.54) is 4.68 Å². The van der Waals surface area contributed by atoms with Crippen molar-refractivity contribution in [3.8, 4) is 5.75 Å². The Bertz CT molecular complexity index is 1280. The van der Waals surface area contributed by atoms with Gasteiger partial charge in [0.05, 0.1) is 17.9 Å². The van der Waals surface area contributed by atoms with Gasteiger partial charge in [-0.15, -0.1) is 0 Å². The number of hydrogen-bond donors (Lipinski definition) is 1. The first-order valence-corrected chi connectivity index (χ1v) is 10.4. The van der Waals surface area contributed by atoms with Crippen molar-refractivity contribution in [3.63, 3.8) is 0 Å². The number of aryl methyl sites for hydroxylation is 1. The molecule has 0 aliphatic carbocycles. The summed E-state index contributed by atoms with van der Waals surface area (Å²) in [5.74, 6) is 1.19. The molecule has 0 spiro atoms. The van der Waals surface area contributed by atoms with Gasteiger partial charge in [0.25, 0.3) is 5.56 Å². The minimum Gasteiger partial charge on any atom is -0.491 e. The Hall–Kier alpha value is -3.55. The third kappa shape index (κ3) is 3.93. The number of nitrogens with zero attached hydrogens (tertiary/aromatic N) is 3. The van der Waals surface area contributed by atoms with E-state index in [4.69, 9.17) is 9.15 Å². The van der Waals surface area contributed by atoms with Crippen LogP contribution in [0, 0.1) is 0 Å². The van der Waals surface area contributed by atoms with Crippen LogP contribution >= 0.6 is 0 Å². The smallest absolute Gasteiger partial charge is 0.291 e. The molecule has 0 saturated heterocycles. The SMILES string of the molecule is CCc1nn([C@@H](C)C(=O)NCc2ccc(OC(C)C)cc2)c(=O)c2cc3occc3n12. The molecule has 31 heavy (non-hydrogen) atoms. The molecule has 1 N–H and O–H groups in total. The maximum atomic E-state index is 13.1. The highest BCUT2D eigenvalue weighted by Gasteiger charge is 2.22. The average Bonchev–Trinajstić information content (AvgIpc) is 3.34. The lowest BCUT2D eigenvalue weighted by molar-refractivity contribution is -0.124. The number of hydrogen-bond acceptors (Lipinski definition) is 5. The van der Waals surface area contributed by atoms with Crippen molar-refractivity contribution in [3.05, 3.63) is 64.4 Å². The molecule has 162 valence electrons. The number of carbonyl (C=O) groups is 1. The van der Waals surface area contributed by atoms with E-state index in [1.54, 1.807) is 29.7 Å². The molecule has 3 aromatic heterocycles. The van der Waals surface area contributed by atoms with Crippen LogP contribution in [-0.4, -0.2) is 26.2 Å². The summed E-state index contributed by atoms with van der Waals surface area (Å²) in [4.78, 5) is 25.8. The maximum absolute atomic E-state index is 13.1. The van der Waals surface area contributed by atoms with Gasteiger partial charge < -0.3 is 14.5 Å². The number of aromatic nitrogens is 3. The van der Waals surface area contributed by atoms with E-state index in [0.29, 0.717) is 29.9 Å². The number of rotatable bonds is 7. The van der Waals surface area contributed by atoms with Gasteiger partial charge in [0.15, 0.2) is 5.58 Å². The predicted octanol–water partition coefficient (Wildman–Crippen LogP) is 3.47. The summed E-state index contributed by atoms with van der Waals surface area (Å²) in [6, 6.07) is 10.3. The molecule has 0 saturated carbocycles. The number of furan rings is 1. The van der Waals surface area contributed by atoms with Crippen LogP contribution in [0.4, 0.5) is 0 Å². The Morgan fingerprint density at radius 1 is 1.16 bits per heavy atom. The van der Waals surface area contributed by atoms with Crippen molar-refractivity contribution < 1.29 is 13.9 Å². The fourth-order valence-electron chi connectivity index (χ4n) is 3.59. The molecule has 8 heteroatoms. The third-order valence-corrected chi connectivity index (χ3v) is 5.16. The topological polar surface area (TPSA) is 90.8 Å². The Labute approximate surface area is 179 Å². The van der Waals surface area contributed by atoms with Gasteiger partial charge in [-0.2, -0.15) is 5.10 Å². The predicted molar refractivity (Wildman–Crippen MR) is 117 cm³/mol. The van der Waals surface area contributed by atoms with E-state index in [1.807, 2.05) is 45.0 Å². The molecule has 8 nitrogen and oxygen atoms in total. The zero-order chi connectivity index (χ0) is 22.1. The highest BCUT2D eigenvalue weighted by molar-refractivity contribution is 5.83. The van der Waals surface area contributed by atoms with Crippen LogP contribution in [0.3, 0.4) is 0 Å². The molecule has 1 amide bonds. The largest absolute Gasteiger partial charge is 0.491 e. The molecule has 0 unspecified atom stereocenters. The standard InChI is InChI=1S/C23H26N4O4/c1-5-21-25-27(23(29)19-12-20-18(26(19)21)10-11-30-20)15(4)22(28)24-13-16-6-8-17(9-7-16)31-14(2)3/h6-12,14-15H,5,13H2,1-4H3,(H,24,28)/t15-/m0/s1. The highest BCUT2D eigenvalue weighted by atomic mass is 16.5. The fraction of sp³-hybridized carbons (Fsp3) is 0.348. The molecule has 1 atom stereocenters. The summed E-state index contributed by atoms with van der Waals surface area (Å²) in [6.07, 6.45) is 2.29. The van der Waals surface area contributed by atoms with Crippen LogP contribution in [0.2, 0.25) is 0 Å². The van der Waals surface area contributed by atoms with Crippen molar-refractivity contribution in [1.82, 2.24) is 19.5 Å². The molecule has 0 aliphatic rings. The summed E-state index contributed by atoms with van der Waals surface area (Å²) in [6.45, 7) is 7.92. The van der Waals surface area contributed by atoms with Gasteiger partial charge in [0.1, 0.15) is 23.1 Å². The average molecular weight is 422 g/mol. The van der Waals surface area contributed by atoms with E-state index < -0.39 is 6.04 Å². The molecule has 3 heterocycles. The van der Waals surface area contributed by atoms with Crippen LogP contribution in [0.15, 0.2) is 51.9 Å². The number of benzene rings is 1. The minimum absolute atomic E-state index is 0.104. The second kappa shape index (κ2) is 8.29. The molecule has 0 fully saturated rings. The Morgan fingerprint density at radius 3 is 2.58 bits per heavy atom. The zero-order valence-corrected chi connectivity index (χ0v) is 18.1. The highest BCUT2D eigenvalue weighted by Crippen LogP contribution is 2.21. The van der Waals surface area contributed by atoms with E-state index in [-0.39, 0.29) is 17.6 Å². The molecule has 1 aromatic carbocycles. The van der Waals surface area contributed by atoms with Crippen LogP contribution in [0.1, 0.15) is 45.1 Å². The van der Waals surface area contributed by atoms with Gasteiger partial charge in [0.2, 0.25) is 5.91 Å². The molecular formula is C23H26N4O4. The van der Waals surface area contributed by atoms with Gasteiger partial charge in [-0.25, -0.2) is 4.68 Å². The Balaban J connectivity index is 1.54. The van der Waals surface area contributed by atoms with Crippen molar-refractivity contribution in [2.24, 2.45) is 0 Å². The van der Waals surface area contributed by atoms with Crippen LogP contribution < -0.4 is 15.6 Å². The first kappa shape index (κ1) is 20.7. The van der Waals surface area contributed by atoms with Crippen LogP contribution in [0.5, 0.6) is 5.75 Å². The molecule has 4 aromatic rings. The van der Waals surface area contributed by atoms with Gasteiger partial charge in [-0.1, -0.05) is 19.1 Å². The van der Waals surface area contributed by atoms with Crippen molar-refractivity contribution in [1.29, 1.82) is 0 Å². The first-order chi connectivity index (χ1) is 14.9. The number of ether oxygens (including phenoxy) is 1. The van der Waals surface area contributed by atoms with Gasteiger partial charge in [-0.05, 0) is 38.5 Å². The van der Waals surface area contributed by atoms with E-state index in [2.05, 4.69) is 10.4 Å². The number of carbonyl (C=O) groups excluding carboxylic acids is 1. The molecule has 0 aliphatic heterocycles. The first-order valence-electron chi connectivity index (χ1n) is 10.4. The zero-order valence-electron chi connectivity index (χ0n) is 18.1. The van der Waals surface area contributed by atoms with E-state index >= 15 is 0 Å². The molecule has 0 bridgehead atoms. The van der Waals surface area contributed by atoms with Crippen molar-refractivity contribution in [2.75, 3.05) is 0 Å². The number of nitrogens with one attached hydrogen (secondary N) is 1. The van der Waals surface area contributed by atoms with Crippen LogP contribution in [0.25, 0.3) is 16.6 Å². The molecule has 0 radical (unpaired) electrons. The number of amides is 1. The monoisotopic (exact) mass is 422 g/mol. The van der Waals surface area contributed by atoms with Crippen molar-refractivity contribution in [2.45, 2.75) is 52.8 Å². The van der Waals surface area contributed by atoms with E-state index in [0.717, 1.165) is 16.8 Å². The quantitative estimate of drug-likeness (QED) is 0.492. The second-order valence-electron chi connectivity index (χ2n) is 7.76. The van der Waals surface area contributed by atoms with Gasteiger partial charge in [-0.3, -0.25) is 14.0 Å². The second-order valence-corrected chi connectivity index (χ2v) is 7.76.